The maximum Gasteiger partial charge on any atom is 0.264 e. The molecule has 2 N–H and O–H groups in total. The molecule has 0 saturated carbocycles. The fourth-order valence-electron chi connectivity index (χ4n) is 2.97. The zero-order valence-corrected chi connectivity index (χ0v) is 12.0. The van der Waals surface area contributed by atoms with E-state index >= 15 is 0 Å². The lowest BCUT2D eigenvalue weighted by molar-refractivity contribution is 0.0585. The van der Waals surface area contributed by atoms with E-state index in [4.69, 9.17) is 0 Å². The number of hydrogen-bond donors (Lipinski definition) is 2. The third kappa shape index (κ3) is 2.42. The average molecular weight is 280 g/mol. The van der Waals surface area contributed by atoms with Crippen LogP contribution in [0.5, 0.6) is 0 Å². The summed E-state index contributed by atoms with van der Waals surface area (Å²) in [5, 5.41) is 13.0. The zero-order chi connectivity index (χ0) is 13.4. The van der Waals surface area contributed by atoms with Crippen molar-refractivity contribution in [3.05, 3.63) is 21.4 Å². The fourth-order valence-corrected chi connectivity index (χ4v) is 4.20. The molecule has 1 amide bonds. The maximum absolute atomic E-state index is 12.5. The molecule has 5 heteroatoms. The minimum Gasteiger partial charge on any atom is -0.390 e. The summed E-state index contributed by atoms with van der Waals surface area (Å²) in [5.74, 6) is 0.0483. The van der Waals surface area contributed by atoms with E-state index in [2.05, 4.69) is 11.4 Å². The first-order valence-electron chi connectivity index (χ1n) is 6.94. The van der Waals surface area contributed by atoms with Crippen LogP contribution in [0, 0.1) is 0 Å². The summed E-state index contributed by atoms with van der Waals surface area (Å²) in [7, 11) is 1.79. The van der Waals surface area contributed by atoms with Crippen LogP contribution in [0.4, 0.5) is 0 Å². The van der Waals surface area contributed by atoms with E-state index in [-0.39, 0.29) is 11.9 Å². The fraction of sp³-hybridized carbons (Fsp3) is 0.643. The molecular formula is C14H20N2O2S. The van der Waals surface area contributed by atoms with Gasteiger partial charge in [0.1, 0.15) is 0 Å². The average Bonchev–Trinajstić information content (AvgIpc) is 3.02. The van der Waals surface area contributed by atoms with E-state index in [1.54, 1.807) is 23.3 Å². The largest absolute Gasteiger partial charge is 0.390 e. The van der Waals surface area contributed by atoms with Crippen molar-refractivity contribution in [2.75, 3.05) is 20.1 Å². The number of β-amino-alcohol motifs (C(OH)–C–C–N with tert-alkyl or cyclic N) is 1. The first kappa shape index (κ1) is 13.1. The van der Waals surface area contributed by atoms with Crippen LogP contribution in [-0.4, -0.2) is 48.2 Å². The number of aryl methyl sites for hydroxylation is 2. The van der Waals surface area contributed by atoms with Gasteiger partial charge in [-0.05, 0) is 37.3 Å². The predicted molar refractivity (Wildman–Crippen MR) is 75.7 cm³/mol. The quantitative estimate of drug-likeness (QED) is 0.851. The number of hydrogen-bond acceptors (Lipinski definition) is 4. The summed E-state index contributed by atoms with van der Waals surface area (Å²) < 4.78 is 0. The molecule has 0 radical (unpaired) electrons. The highest BCUT2D eigenvalue weighted by Gasteiger charge is 2.32. The van der Waals surface area contributed by atoms with Gasteiger partial charge in [-0.15, -0.1) is 11.3 Å². The number of nitrogens with zero attached hydrogens (tertiary/aromatic N) is 1. The molecule has 0 aromatic carbocycles. The van der Waals surface area contributed by atoms with E-state index in [0.29, 0.717) is 13.1 Å². The smallest absolute Gasteiger partial charge is 0.264 e. The zero-order valence-electron chi connectivity index (χ0n) is 11.2. The highest BCUT2D eigenvalue weighted by molar-refractivity contribution is 7.14. The number of carbonyl (C=O) groups excluding carboxylic acids is 1. The Morgan fingerprint density at radius 3 is 2.89 bits per heavy atom. The molecule has 1 aromatic rings. The van der Waals surface area contributed by atoms with Gasteiger partial charge in [-0.1, -0.05) is 0 Å². The Balaban J connectivity index is 1.77. The maximum atomic E-state index is 12.5. The Morgan fingerprint density at radius 1 is 1.42 bits per heavy atom. The lowest BCUT2D eigenvalue weighted by Gasteiger charge is -2.25. The van der Waals surface area contributed by atoms with Gasteiger partial charge in [-0.3, -0.25) is 4.79 Å². The van der Waals surface area contributed by atoms with Gasteiger partial charge in [0.05, 0.1) is 17.0 Å². The Kier molecular flexibility index (Phi) is 3.60. The molecule has 19 heavy (non-hydrogen) atoms. The summed E-state index contributed by atoms with van der Waals surface area (Å²) >= 11 is 1.64. The normalized spacial score (nSPS) is 26.2. The van der Waals surface area contributed by atoms with Crippen molar-refractivity contribution in [1.29, 1.82) is 0 Å². The number of likely N-dealkylation sites (N-methyl/N-ethyl adjacent to an activating group) is 1. The topological polar surface area (TPSA) is 52.6 Å². The van der Waals surface area contributed by atoms with Crippen molar-refractivity contribution in [3.8, 4) is 0 Å². The SMILES string of the molecule is CN(C(=O)c1cc2c(s1)CCCC2)[C@H]1CNC[C@@H]1O. The minimum absolute atomic E-state index is 0.0483. The molecule has 2 aliphatic rings. The van der Waals surface area contributed by atoms with Crippen LogP contribution in [0.15, 0.2) is 6.07 Å². The van der Waals surface area contributed by atoms with Crippen molar-refractivity contribution in [3.63, 3.8) is 0 Å². The first-order valence-corrected chi connectivity index (χ1v) is 7.76. The van der Waals surface area contributed by atoms with Crippen molar-refractivity contribution < 1.29 is 9.90 Å². The standard InChI is InChI=1S/C14H20N2O2S/c1-16(10-7-15-8-11(10)17)14(18)13-6-9-4-2-3-5-12(9)19-13/h6,10-11,15,17H,2-5,7-8H2,1H3/t10-,11-/m0/s1. The highest BCUT2D eigenvalue weighted by Crippen LogP contribution is 2.30. The van der Waals surface area contributed by atoms with Crippen LogP contribution in [0.2, 0.25) is 0 Å². The minimum atomic E-state index is -0.455. The second-order valence-corrected chi connectivity index (χ2v) is 6.61. The van der Waals surface area contributed by atoms with Gasteiger partial charge >= 0.3 is 0 Å². The number of nitrogens with one attached hydrogen (secondary N) is 1. The molecule has 2 atom stereocenters. The third-order valence-corrected chi connectivity index (χ3v) is 5.40. The van der Waals surface area contributed by atoms with Crippen LogP contribution in [0.3, 0.4) is 0 Å². The number of thiophene rings is 1. The lowest BCUT2D eigenvalue weighted by Crippen LogP contribution is -2.44. The second kappa shape index (κ2) is 5.23. The number of aliphatic hydroxyl groups excluding tert-OH is 1. The summed E-state index contributed by atoms with van der Waals surface area (Å²) in [6.45, 7) is 1.25. The monoisotopic (exact) mass is 280 g/mol. The lowest BCUT2D eigenvalue weighted by atomic mass is 9.99. The molecule has 1 aromatic heterocycles. The van der Waals surface area contributed by atoms with Gasteiger partial charge in [0.25, 0.3) is 5.91 Å². The number of carbonyl (C=O) groups is 1. The Bertz CT molecular complexity index is 462. The van der Waals surface area contributed by atoms with E-state index in [1.165, 1.54) is 23.3 Å². The highest BCUT2D eigenvalue weighted by atomic mass is 32.1. The van der Waals surface area contributed by atoms with Gasteiger partial charge < -0.3 is 15.3 Å². The number of fused-ring (bicyclic) bond motifs is 1. The summed E-state index contributed by atoms with van der Waals surface area (Å²) in [6.07, 6.45) is 4.24. The number of rotatable bonds is 2. The van der Waals surface area contributed by atoms with E-state index in [1.807, 2.05) is 0 Å². The molecule has 0 unspecified atom stereocenters. The summed E-state index contributed by atoms with van der Waals surface area (Å²) in [4.78, 5) is 16.4. The molecule has 104 valence electrons. The van der Waals surface area contributed by atoms with Gasteiger partial charge in [-0.25, -0.2) is 0 Å². The van der Waals surface area contributed by atoms with Crippen LogP contribution in [0.25, 0.3) is 0 Å². The number of amides is 1. The van der Waals surface area contributed by atoms with Crippen molar-refractivity contribution in [2.45, 2.75) is 37.8 Å². The summed E-state index contributed by atoms with van der Waals surface area (Å²) in [6, 6.07) is 1.96. The second-order valence-electron chi connectivity index (χ2n) is 5.48. The van der Waals surface area contributed by atoms with E-state index in [9.17, 15) is 9.90 Å². The molecule has 0 spiro atoms. The van der Waals surface area contributed by atoms with Crippen molar-refractivity contribution in [1.82, 2.24) is 10.2 Å². The Hall–Kier alpha value is -0.910. The molecule has 1 aliphatic carbocycles. The van der Waals surface area contributed by atoms with Gasteiger partial charge in [0.2, 0.25) is 0 Å². The molecule has 1 fully saturated rings. The number of aliphatic hydroxyl groups is 1. The van der Waals surface area contributed by atoms with Crippen molar-refractivity contribution in [2.24, 2.45) is 0 Å². The summed E-state index contributed by atoms with van der Waals surface area (Å²) in [5.41, 5.74) is 1.36. The molecule has 1 saturated heterocycles. The van der Waals surface area contributed by atoms with Gasteiger partial charge in [-0.2, -0.15) is 0 Å². The Morgan fingerprint density at radius 2 is 2.21 bits per heavy atom. The van der Waals surface area contributed by atoms with Crippen LogP contribution in [0.1, 0.15) is 33.0 Å². The van der Waals surface area contributed by atoms with Crippen LogP contribution < -0.4 is 5.32 Å². The molecular weight excluding hydrogens is 260 g/mol. The molecule has 0 bridgehead atoms. The molecule has 4 nitrogen and oxygen atoms in total. The van der Waals surface area contributed by atoms with E-state index in [0.717, 1.165) is 17.7 Å². The molecule has 2 heterocycles. The Labute approximate surface area is 117 Å². The van der Waals surface area contributed by atoms with Crippen LogP contribution >= 0.6 is 11.3 Å². The molecule has 1 aliphatic heterocycles. The third-order valence-electron chi connectivity index (χ3n) is 4.18. The predicted octanol–water partition coefficient (Wildman–Crippen LogP) is 1.03. The molecule has 3 rings (SSSR count). The first-order chi connectivity index (χ1) is 9.16. The van der Waals surface area contributed by atoms with Crippen molar-refractivity contribution >= 4 is 17.2 Å². The van der Waals surface area contributed by atoms with Crippen LogP contribution in [-0.2, 0) is 12.8 Å². The van der Waals surface area contributed by atoms with Gasteiger partial charge in [0, 0.05) is 25.0 Å². The van der Waals surface area contributed by atoms with E-state index < -0.39 is 6.10 Å². The van der Waals surface area contributed by atoms with Gasteiger partial charge in [0.15, 0.2) is 0 Å².